The number of nitrogens with zero attached hydrogens (tertiary/aromatic N) is 2. The van der Waals surface area contributed by atoms with Gasteiger partial charge in [-0.15, -0.1) is 0 Å². The Bertz CT molecular complexity index is 765. The van der Waals surface area contributed by atoms with Crippen LogP contribution in [0.5, 0.6) is 0 Å². The van der Waals surface area contributed by atoms with Crippen molar-refractivity contribution in [2.45, 2.75) is 6.92 Å². The normalized spacial score (nSPS) is 11.0. The molecule has 0 heterocycles. The molecule has 0 amide bonds. The SMILES string of the molecule is Cc1ccc([Se]c2ccccc2N=Nc2ccccc2)cc1. The summed E-state index contributed by atoms with van der Waals surface area (Å²) in [5.41, 5.74) is 3.11. The molecular weight excluding hydrogens is 335 g/mol. The van der Waals surface area contributed by atoms with Gasteiger partial charge in [-0.2, -0.15) is 0 Å². The Morgan fingerprint density at radius 3 is 2.14 bits per heavy atom. The van der Waals surface area contributed by atoms with Crippen LogP contribution < -0.4 is 8.92 Å². The standard InChI is InChI=1S/C19H16N2Se/c1-15-11-13-17(14-12-15)22-19-10-6-5-9-18(19)21-20-16-7-3-2-4-8-16/h2-14H,1H3. The van der Waals surface area contributed by atoms with Gasteiger partial charge < -0.3 is 0 Å². The molecule has 0 atom stereocenters. The van der Waals surface area contributed by atoms with E-state index in [2.05, 4.69) is 53.6 Å². The van der Waals surface area contributed by atoms with Crippen LogP contribution in [-0.2, 0) is 0 Å². The second kappa shape index (κ2) is 7.17. The summed E-state index contributed by atoms with van der Waals surface area (Å²) in [5.74, 6) is 0. The van der Waals surface area contributed by atoms with Crippen molar-refractivity contribution in [2.75, 3.05) is 0 Å². The average molecular weight is 351 g/mol. The van der Waals surface area contributed by atoms with Gasteiger partial charge in [0.1, 0.15) is 0 Å². The van der Waals surface area contributed by atoms with E-state index in [4.69, 9.17) is 0 Å². The molecule has 0 saturated heterocycles. The summed E-state index contributed by atoms with van der Waals surface area (Å²) in [4.78, 5) is 0. The molecule has 0 bridgehead atoms. The van der Waals surface area contributed by atoms with Crippen LogP contribution in [0.4, 0.5) is 11.4 Å². The molecule has 0 aliphatic rings. The maximum absolute atomic E-state index is 4.43. The fourth-order valence-electron chi connectivity index (χ4n) is 1.97. The van der Waals surface area contributed by atoms with E-state index in [0.717, 1.165) is 11.4 Å². The molecule has 0 unspecified atom stereocenters. The molecule has 3 rings (SSSR count). The predicted octanol–water partition coefficient (Wildman–Crippen LogP) is 4.07. The molecule has 0 aliphatic carbocycles. The number of rotatable bonds is 4. The van der Waals surface area contributed by atoms with Crippen LogP contribution in [0.1, 0.15) is 5.56 Å². The second-order valence-electron chi connectivity index (χ2n) is 4.92. The van der Waals surface area contributed by atoms with E-state index >= 15 is 0 Å². The van der Waals surface area contributed by atoms with E-state index in [-0.39, 0.29) is 15.0 Å². The van der Waals surface area contributed by atoms with Crippen LogP contribution in [-0.4, -0.2) is 15.0 Å². The molecule has 22 heavy (non-hydrogen) atoms. The van der Waals surface area contributed by atoms with Crippen molar-refractivity contribution in [1.82, 2.24) is 0 Å². The minimum atomic E-state index is 0.236. The fraction of sp³-hybridized carbons (Fsp3) is 0.0526. The van der Waals surface area contributed by atoms with E-state index in [0.29, 0.717) is 0 Å². The Hall–Kier alpha value is -2.22. The van der Waals surface area contributed by atoms with Crippen LogP contribution >= 0.6 is 0 Å². The summed E-state index contributed by atoms with van der Waals surface area (Å²) >= 11 is 0.236. The first-order chi connectivity index (χ1) is 10.8. The number of hydrogen-bond acceptors (Lipinski definition) is 2. The Balaban J connectivity index is 1.83. The van der Waals surface area contributed by atoms with Crippen LogP contribution in [0.2, 0.25) is 0 Å². The van der Waals surface area contributed by atoms with Crippen LogP contribution in [0.25, 0.3) is 0 Å². The maximum atomic E-state index is 4.43. The molecular formula is C19H16N2Se. The van der Waals surface area contributed by atoms with Gasteiger partial charge in [-0.1, -0.05) is 0 Å². The monoisotopic (exact) mass is 352 g/mol. The van der Waals surface area contributed by atoms with E-state index in [1.807, 2.05) is 42.5 Å². The summed E-state index contributed by atoms with van der Waals surface area (Å²) in [6.07, 6.45) is 0. The first-order valence-electron chi connectivity index (χ1n) is 7.11. The molecule has 2 nitrogen and oxygen atoms in total. The van der Waals surface area contributed by atoms with Crippen molar-refractivity contribution < 1.29 is 0 Å². The van der Waals surface area contributed by atoms with E-state index < -0.39 is 0 Å². The Labute approximate surface area is 137 Å². The topological polar surface area (TPSA) is 24.7 Å². The van der Waals surface area contributed by atoms with Gasteiger partial charge in [0.25, 0.3) is 0 Å². The summed E-state index contributed by atoms with van der Waals surface area (Å²) in [7, 11) is 0. The zero-order chi connectivity index (χ0) is 15.2. The number of aryl methyl sites for hydroxylation is 1. The van der Waals surface area contributed by atoms with Gasteiger partial charge in [0.15, 0.2) is 0 Å². The van der Waals surface area contributed by atoms with Crippen molar-refractivity contribution in [1.29, 1.82) is 0 Å². The zero-order valence-corrected chi connectivity index (χ0v) is 14.0. The molecule has 0 fully saturated rings. The van der Waals surface area contributed by atoms with E-state index in [9.17, 15) is 0 Å². The van der Waals surface area contributed by atoms with Crippen molar-refractivity contribution in [3.63, 3.8) is 0 Å². The van der Waals surface area contributed by atoms with Gasteiger partial charge >= 0.3 is 137 Å². The summed E-state index contributed by atoms with van der Waals surface area (Å²) in [5, 5.41) is 8.76. The molecule has 0 spiro atoms. The zero-order valence-electron chi connectivity index (χ0n) is 12.3. The van der Waals surface area contributed by atoms with Crippen LogP contribution in [0.3, 0.4) is 0 Å². The quantitative estimate of drug-likeness (QED) is 0.500. The second-order valence-corrected chi connectivity index (χ2v) is 7.26. The molecule has 0 aromatic heterocycles. The predicted molar refractivity (Wildman–Crippen MR) is 93.3 cm³/mol. The first kappa shape index (κ1) is 14.7. The van der Waals surface area contributed by atoms with Crippen molar-refractivity contribution in [2.24, 2.45) is 10.2 Å². The first-order valence-corrected chi connectivity index (χ1v) is 8.83. The number of benzene rings is 3. The van der Waals surface area contributed by atoms with E-state index in [1.54, 1.807) is 0 Å². The average Bonchev–Trinajstić information content (AvgIpc) is 2.57. The van der Waals surface area contributed by atoms with E-state index in [1.165, 1.54) is 14.5 Å². The third kappa shape index (κ3) is 3.91. The molecule has 3 heteroatoms. The molecule has 0 radical (unpaired) electrons. The van der Waals surface area contributed by atoms with Crippen molar-refractivity contribution in [3.05, 3.63) is 84.4 Å². The Morgan fingerprint density at radius 2 is 1.36 bits per heavy atom. The number of hydrogen-bond donors (Lipinski definition) is 0. The number of azo groups is 1. The third-order valence-corrected chi connectivity index (χ3v) is 5.39. The Morgan fingerprint density at radius 1 is 0.682 bits per heavy atom. The van der Waals surface area contributed by atoms with Gasteiger partial charge in [-0.25, -0.2) is 0 Å². The molecule has 0 saturated carbocycles. The molecule has 0 N–H and O–H groups in total. The Kier molecular flexibility index (Phi) is 4.79. The van der Waals surface area contributed by atoms with Gasteiger partial charge in [0.05, 0.1) is 0 Å². The summed E-state index contributed by atoms with van der Waals surface area (Å²) < 4.78 is 2.60. The summed E-state index contributed by atoms with van der Waals surface area (Å²) in [6, 6.07) is 26.8. The third-order valence-electron chi connectivity index (χ3n) is 3.14. The minimum absolute atomic E-state index is 0.236. The molecule has 108 valence electrons. The molecule has 3 aromatic rings. The molecule has 0 aliphatic heterocycles. The fourth-order valence-corrected chi connectivity index (χ4v) is 3.82. The molecule has 3 aromatic carbocycles. The van der Waals surface area contributed by atoms with Crippen LogP contribution in [0.15, 0.2) is 89.1 Å². The van der Waals surface area contributed by atoms with Gasteiger partial charge in [-0.3, -0.25) is 0 Å². The van der Waals surface area contributed by atoms with Crippen molar-refractivity contribution in [3.8, 4) is 0 Å². The summed E-state index contributed by atoms with van der Waals surface area (Å²) in [6.45, 7) is 2.11. The van der Waals surface area contributed by atoms with Gasteiger partial charge in [0.2, 0.25) is 0 Å². The van der Waals surface area contributed by atoms with Gasteiger partial charge in [0, 0.05) is 0 Å². The van der Waals surface area contributed by atoms with Crippen LogP contribution in [0, 0.1) is 6.92 Å². The van der Waals surface area contributed by atoms with Gasteiger partial charge in [-0.05, 0) is 0 Å². The van der Waals surface area contributed by atoms with Crippen molar-refractivity contribution >= 4 is 35.3 Å².